The number of rotatable bonds is 9. The average Bonchev–Trinajstić information content (AvgIpc) is 4.25. The lowest BCUT2D eigenvalue weighted by atomic mass is 9.67. The van der Waals surface area contributed by atoms with E-state index >= 15 is 0 Å². The fourth-order valence-electron chi connectivity index (χ4n) is 13.6. The van der Waals surface area contributed by atoms with Gasteiger partial charge in [0.25, 0.3) is 0 Å². The van der Waals surface area contributed by atoms with E-state index in [1.165, 1.54) is 109 Å². The fraction of sp³-hybridized carbons (Fsp3) is 0.0137. The Morgan fingerprint density at radius 2 is 0.711 bits per heavy atom. The van der Waals surface area contributed by atoms with Crippen molar-refractivity contribution in [2.75, 3.05) is 0 Å². The highest BCUT2D eigenvalue weighted by Gasteiger charge is 2.47. The van der Waals surface area contributed by atoms with Crippen LogP contribution in [0.5, 0.6) is 0 Å². The molecule has 0 fully saturated rings. The first-order valence-electron chi connectivity index (χ1n) is 26.4. The Labute approximate surface area is 443 Å². The number of hydrogen-bond donors (Lipinski definition) is 0. The van der Waals surface area contributed by atoms with Crippen LogP contribution < -0.4 is 20.7 Å². The highest BCUT2D eigenvalue weighted by molar-refractivity contribution is 7.19. The van der Waals surface area contributed by atoms with Crippen LogP contribution in [-0.4, -0.2) is 17.2 Å². The van der Waals surface area contributed by atoms with Gasteiger partial charge in [0.1, 0.15) is 0 Å². The summed E-state index contributed by atoms with van der Waals surface area (Å²) in [5.74, 6) is 0. The van der Waals surface area contributed by atoms with Crippen LogP contribution in [-0.2, 0) is 5.41 Å². The van der Waals surface area contributed by atoms with E-state index in [-0.39, 0.29) is 0 Å². The van der Waals surface area contributed by atoms with Crippen LogP contribution in [0, 0.1) is 0 Å². The van der Waals surface area contributed by atoms with Crippen LogP contribution in [0.1, 0.15) is 22.3 Å². The molecule has 0 radical (unpaired) electrons. The molecule has 14 aromatic rings. The maximum Gasteiger partial charge on any atom is 0.179 e. The van der Waals surface area contributed by atoms with Gasteiger partial charge in [0, 0.05) is 27.2 Å². The van der Waals surface area contributed by atoms with E-state index in [0.717, 1.165) is 11.4 Å². The Morgan fingerprint density at radius 3 is 1.34 bits per heavy atom. The summed E-state index contributed by atoms with van der Waals surface area (Å²) in [6.07, 6.45) is 0. The van der Waals surface area contributed by atoms with Crippen molar-refractivity contribution in [1.29, 1.82) is 0 Å². The second-order valence-electron chi connectivity index (χ2n) is 20.2. The molecule has 0 atom stereocenters. The van der Waals surface area contributed by atoms with Gasteiger partial charge >= 0.3 is 0 Å². The van der Waals surface area contributed by atoms with Gasteiger partial charge < -0.3 is 9.13 Å². The molecule has 0 aliphatic heterocycles. The van der Waals surface area contributed by atoms with Crippen LogP contribution in [0.2, 0.25) is 0 Å². The van der Waals surface area contributed by atoms with Gasteiger partial charge in [-0.05, 0) is 102 Å². The molecular weight excluding hydrogens is 933 g/mol. The quantitative estimate of drug-likeness (QED) is 0.101. The number of para-hydroxylation sites is 3. The summed E-state index contributed by atoms with van der Waals surface area (Å²) < 4.78 is 5.05. The third kappa shape index (κ3) is 6.27. The molecule has 12 aromatic carbocycles. The molecule has 0 unspecified atom stereocenters. The second-order valence-corrected chi connectivity index (χ2v) is 24.0. The molecule has 0 saturated carbocycles. The van der Waals surface area contributed by atoms with Gasteiger partial charge in [-0.2, -0.15) is 0 Å². The first-order chi connectivity index (χ1) is 37.8. The van der Waals surface area contributed by atoms with Gasteiger partial charge in [-0.3, -0.25) is 0 Å². The first-order valence-corrected chi connectivity index (χ1v) is 28.4. The fourth-order valence-corrected chi connectivity index (χ4v) is 18.3. The van der Waals surface area contributed by atoms with E-state index in [1.807, 2.05) is 0 Å². The molecule has 0 saturated heterocycles. The predicted molar refractivity (Wildman–Crippen MR) is 321 cm³/mol. The molecule has 3 heteroatoms. The molecule has 356 valence electrons. The Kier molecular flexibility index (Phi) is 10.2. The van der Waals surface area contributed by atoms with E-state index in [9.17, 15) is 0 Å². The van der Waals surface area contributed by atoms with Crippen molar-refractivity contribution in [3.8, 4) is 33.6 Å². The molecule has 76 heavy (non-hydrogen) atoms. The van der Waals surface area contributed by atoms with Gasteiger partial charge in [-0.25, -0.2) is 0 Å². The highest BCUT2D eigenvalue weighted by Crippen LogP contribution is 2.59. The van der Waals surface area contributed by atoms with E-state index in [2.05, 4.69) is 312 Å². The van der Waals surface area contributed by atoms with Gasteiger partial charge in [-0.1, -0.05) is 267 Å². The predicted octanol–water partition coefficient (Wildman–Crippen LogP) is 15.3. The molecule has 15 rings (SSSR count). The van der Waals surface area contributed by atoms with Crippen molar-refractivity contribution in [2.45, 2.75) is 5.41 Å². The maximum absolute atomic E-state index is 2.75. The van der Waals surface area contributed by atoms with Gasteiger partial charge in [0.2, 0.25) is 0 Å². The lowest BCUT2D eigenvalue weighted by Gasteiger charge is -2.34. The summed E-state index contributed by atoms with van der Waals surface area (Å²) in [4.78, 5) is 0. The Morgan fingerprint density at radius 1 is 0.276 bits per heavy atom. The monoisotopic (exact) mass is 982 g/mol. The second kappa shape index (κ2) is 17.6. The van der Waals surface area contributed by atoms with Crippen molar-refractivity contribution in [3.05, 3.63) is 326 Å². The third-order valence-corrected chi connectivity index (χ3v) is 21.4. The molecule has 2 nitrogen and oxygen atoms in total. The Balaban J connectivity index is 0.969. The van der Waals surface area contributed by atoms with Crippen LogP contribution in [0.4, 0.5) is 0 Å². The third-order valence-electron chi connectivity index (χ3n) is 16.6. The van der Waals surface area contributed by atoms with Crippen molar-refractivity contribution >= 4 is 72.4 Å². The molecular formula is C73H50N2Si. The molecule has 0 N–H and O–H groups in total. The molecule has 2 aromatic heterocycles. The zero-order chi connectivity index (χ0) is 50.2. The minimum absolute atomic E-state index is 0.498. The largest absolute Gasteiger partial charge is 0.307 e. The molecule has 0 amide bonds. The topological polar surface area (TPSA) is 9.86 Å². The van der Waals surface area contributed by atoms with Crippen molar-refractivity contribution in [1.82, 2.24) is 9.13 Å². The van der Waals surface area contributed by atoms with Crippen LogP contribution in [0.25, 0.3) is 77.2 Å². The molecule has 0 bridgehead atoms. The Hall–Kier alpha value is -9.54. The molecule has 0 spiro atoms. The zero-order valence-electron chi connectivity index (χ0n) is 41.8. The molecule has 1 aliphatic carbocycles. The summed E-state index contributed by atoms with van der Waals surface area (Å²) in [6, 6.07) is 113. The number of hydrogen-bond acceptors (Lipinski definition) is 0. The summed E-state index contributed by atoms with van der Waals surface area (Å²) in [7, 11) is -2.75. The summed E-state index contributed by atoms with van der Waals surface area (Å²) in [5, 5.41) is 10.3. The van der Waals surface area contributed by atoms with Crippen molar-refractivity contribution in [2.24, 2.45) is 0 Å². The molecule has 1 aliphatic rings. The number of aromatic nitrogens is 2. The molecule has 2 heterocycles. The van der Waals surface area contributed by atoms with Crippen LogP contribution in [0.3, 0.4) is 0 Å². The summed E-state index contributed by atoms with van der Waals surface area (Å²) in [5.41, 5.74) is 16.6. The average molecular weight is 983 g/mol. The summed E-state index contributed by atoms with van der Waals surface area (Å²) in [6.45, 7) is 0. The minimum atomic E-state index is -2.75. The minimum Gasteiger partial charge on any atom is -0.307 e. The number of benzene rings is 12. The highest BCUT2D eigenvalue weighted by atomic mass is 28.3. The van der Waals surface area contributed by atoms with Gasteiger partial charge in [0.15, 0.2) is 8.07 Å². The number of nitrogens with zero attached hydrogens (tertiary/aromatic N) is 2. The lowest BCUT2D eigenvalue weighted by molar-refractivity contribution is 0.768. The normalized spacial score (nSPS) is 12.8. The van der Waals surface area contributed by atoms with E-state index in [4.69, 9.17) is 0 Å². The van der Waals surface area contributed by atoms with E-state index in [1.54, 1.807) is 0 Å². The van der Waals surface area contributed by atoms with Gasteiger partial charge in [0.05, 0.1) is 33.2 Å². The Bertz CT molecular complexity index is 4350. The van der Waals surface area contributed by atoms with Crippen molar-refractivity contribution in [3.63, 3.8) is 0 Å². The maximum atomic E-state index is 2.54. The zero-order valence-corrected chi connectivity index (χ0v) is 42.8. The van der Waals surface area contributed by atoms with Crippen molar-refractivity contribution < 1.29 is 0 Å². The lowest BCUT2D eigenvalue weighted by Crippen LogP contribution is -2.74. The first kappa shape index (κ1) is 44.0. The SMILES string of the molecule is c1ccc(C2(c3ccccc3)c3ccccc3-c3c(-c4cccc5c4c4ccccc4n5-c4cccc5c6ccccc6n(-c6ccc([Si](c7ccccc7)(c7ccccc7)c7ccccc7)cc6)c45)cccc32)cc1. The standard InChI is InChI=1S/C73H50N2Si/c1-6-25-51(26-7-1)73(52-27-8-2-9-28-52)64-41-19-16-36-62(64)70-59(38-22-42-65(70)73)60-39-23-45-68-71(60)63-37-18-21-44-67(63)75(68)69-46-24-40-61-58-35-17-20-43-66(58)74(72(61)69)53-47-49-57(50-48-53)76(54-29-10-3-11-30-54,55-31-12-4-13-32-55)56-33-14-5-15-34-56/h1-50H. The van der Waals surface area contributed by atoms with E-state index in [0.29, 0.717) is 0 Å². The van der Waals surface area contributed by atoms with Crippen LogP contribution >= 0.6 is 0 Å². The number of fused-ring (bicyclic) bond motifs is 9. The van der Waals surface area contributed by atoms with E-state index < -0.39 is 13.5 Å². The van der Waals surface area contributed by atoms with Crippen LogP contribution in [0.15, 0.2) is 303 Å². The van der Waals surface area contributed by atoms with Gasteiger partial charge in [-0.15, -0.1) is 0 Å². The smallest absolute Gasteiger partial charge is 0.179 e. The summed E-state index contributed by atoms with van der Waals surface area (Å²) >= 11 is 0.